The van der Waals surface area contributed by atoms with Crippen molar-refractivity contribution >= 4 is 17.9 Å². The molecule has 0 aliphatic carbocycles. The predicted molar refractivity (Wildman–Crippen MR) is 343 cm³/mol. The van der Waals surface area contributed by atoms with Gasteiger partial charge in [-0.15, -0.1) is 0 Å². The standard InChI is InChI=1S/C73H122O6/c1-4-7-10-13-16-19-22-25-28-31-32-33-34-35-36-37-38-39-40-43-45-48-51-54-57-60-63-66-72(75)78-69-70(79-73(76)67-64-61-58-55-52-49-46-42-30-27-24-21-18-15-12-9-6-3)68-77-71(74)65-62-59-56-53-50-47-44-41-29-26-23-20-17-14-11-8-5-2/h8-9,11-12,17-18,20-21,26-27,29-30,44,46-47,49,53,55-56,58,70H,4-7,10,13-16,19,22-25,28,31-43,45,48,50-52,54,57,59-69H2,1-3H3/b11-8-,12-9-,20-17-,21-18-,29-26-,30-27-,47-44-,49-46-,56-53-,58-55-. The number of unbranched alkanes of at least 4 members (excludes halogenated alkanes) is 28. The number of ether oxygens (including phenoxy) is 3. The summed E-state index contributed by atoms with van der Waals surface area (Å²) in [5.41, 5.74) is 0. The van der Waals surface area contributed by atoms with Crippen LogP contribution in [0.25, 0.3) is 0 Å². The lowest BCUT2D eigenvalue weighted by molar-refractivity contribution is -0.167. The van der Waals surface area contributed by atoms with Crippen molar-refractivity contribution < 1.29 is 28.6 Å². The van der Waals surface area contributed by atoms with Crippen LogP contribution < -0.4 is 0 Å². The summed E-state index contributed by atoms with van der Waals surface area (Å²) in [5.74, 6) is -1.03. The van der Waals surface area contributed by atoms with Gasteiger partial charge in [0, 0.05) is 19.3 Å². The van der Waals surface area contributed by atoms with Gasteiger partial charge < -0.3 is 14.2 Å². The second kappa shape index (κ2) is 66.3. The van der Waals surface area contributed by atoms with E-state index in [0.717, 1.165) is 96.3 Å². The number of hydrogen-bond acceptors (Lipinski definition) is 6. The Hall–Kier alpha value is -4.19. The summed E-state index contributed by atoms with van der Waals surface area (Å²) in [6, 6.07) is 0. The molecule has 0 aliphatic rings. The minimum Gasteiger partial charge on any atom is -0.462 e. The van der Waals surface area contributed by atoms with Crippen LogP contribution in [0.3, 0.4) is 0 Å². The maximum absolute atomic E-state index is 12.9. The number of rotatable bonds is 59. The largest absolute Gasteiger partial charge is 0.462 e. The average molecular weight is 1100 g/mol. The highest BCUT2D eigenvalue weighted by Crippen LogP contribution is 2.17. The Labute approximate surface area is 488 Å². The van der Waals surface area contributed by atoms with Crippen LogP contribution in [0, 0.1) is 0 Å². The van der Waals surface area contributed by atoms with E-state index in [0.29, 0.717) is 19.3 Å². The molecular weight excluding hydrogens is 973 g/mol. The second-order valence-corrected chi connectivity index (χ2v) is 21.6. The van der Waals surface area contributed by atoms with Crippen molar-refractivity contribution in [2.45, 2.75) is 309 Å². The molecule has 0 heterocycles. The third-order valence-corrected chi connectivity index (χ3v) is 14.0. The molecule has 1 unspecified atom stereocenters. The Morgan fingerprint density at radius 2 is 0.494 bits per heavy atom. The Kier molecular flexibility index (Phi) is 62.8. The number of carbonyl (C=O) groups is 3. The van der Waals surface area contributed by atoms with E-state index in [1.54, 1.807) is 0 Å². The lowest BCUT2D eigenvalue weighted by Gasteiger charge is -2.18. The van der Waals surface area contributed by atoms with Crippen molar-refractivity contribution in [3.63, 3.8) is 0 Å². The van der Waals surface area contributed by atoms with Gasteiger partial charge in [-0.2, -0.15) is 0 Å². The van der Waals surface area contributed by atoms with Crippen LogP contribution in [0.15, 0.2) is 122 Å². The zero-order chi connectivity index (χ0) is 57.1. The minimum absolute atomic E-state index is 0.119. The van der Waals surface area contributed by atoms with Crippen molar-refractivity contribution in [3.8, 4) is 0 Å². The number of esters is 3. The SMILES string of the molecule is CC/C=C\C/C=C\C/C=C\C/C=C\C/C=C\CCCC(=O)OCC(COC(=O)CCCCCCCCCCCCCCCCCCCCCCCCCCCCC)OC(=O)CCC/C=C\C/C=C\C/C=C\C/C=C\C/C=C\CC. The van der Waals surface area contributed by atoms with E-state index in [2.05, 4.69) is 142 Å². The molecule has 0 aromatic rings. The maximum atomic E-state index is 12.9. The number of allylic oxidation sites excluding steroid dienone is 20. The highest BCUT2D eigenvalue weighted by Gasteiger charge is 2.19. The van der Waals surface area contributed by atoms with Crippen LogP contribution in [-0.2, 0) is 28.6 Å². The van der Waals surface area contributed by atoms with E-state index in [1.807, 2.05) is 0 Å². The van der Waals surface area contributed by atoms with Gasteiger partial charge in [0.15, 0.2) is 6.10 Å². The van der Waals surface area contributed by atoms with E-state index >= 15 is 0 Å². The molecule has 0 aromatic heterocycles. The van der Waals surface area contributed by atoms with Crippen LogP contribution in [-0.4, -0.2) is 37.2 Å². The number of hydrogen-bond donors (Lipinski definition) is 0. The summed E-state index contributed by atoms with van der Waals surface area (Å²) in [6.07, 6.45) is 92.4. The molecule has 0 aromatic carbocycles. The van der Waals surface area contributed by atoms with E-state index in [4.69, 9.17) is 14.2 Å². The molecule has 0 fully saturated rings. The first-order valence-electron chi connectivity index (χ1n) is 33.0. The van der Waals surface area contributed by atoms with Crippen LogP contribution >= 0.6 is 0 Å². The van der Waals surface area contributed by atoms with Gasteiger partial charge in [0.1, 0.15) is 13.2 Å². The molecule has 0 radical (unpaired) electrons. The highest BCUT2D eigenvalue weighted by molar-refractivity contribution is 5.71. The first kappa shape index (κ1) is 74.8. The summed E-state index contributed by atoms with van der Waals surface area (Å²) < 4.78 is 16.8. The normalized spacial score (nSPS) is 12.9. The molecule has 0 rings (SSSR count). The number of carbonyl (C=O) groups excluding carboxylic acids is 3. The molecule has 6 heteroatoms. The van der Waals surface area contributed by atoms with Crippen molar-refractivity contribution in [2.24, 2.45) is 0 Å². The summed E-state index contributed by atoms with van der Waals surface area (Å²) in [5, 5.41) is 0. The van der Waals surface area contributed by atoms with Crippen molar-refractivity contribution in [2.75, 3.05) is 13.2 Å². The van der Waals surface area contributed by atoms with Crippen molar-refractivity contribution in [3.05, 3.63) is 122 Å². The van der Waals surface area contributed by atoms with E-state index in [9.17, 15) is 14.4 Å². The van der Waals surface area contributed by atoms with Gasteiger partial charge in [-0.25, -0.2) is 0 Å². The molecule has 79 heavy (non-hydrogen) atoms. The fraction of sp³-hybridized carbons (Fsp3) is 0.685. The van der Waals surface area contributed by atoms with Gasteiger partial charge in [-0.1, -0.05) is 309 Å². The smallest absolute Gasteiger partial charge is 0.306 e. The van der Waals surface area contributed by atoms with E-state index in [-0.39, 0.29) is 44.0 Å². The third kappa shape index (κ3) is 64.5. The maximum Gasteiger partial charge on any atom is 0.306 e. The van der Waals surface area contributed by atoms with E-state index < -0.39 is 6.10 Å². The van der Waals surface area contributed by atoms with E-state index in [1.165, 1.54) is 154 Å². The van der Waals surface area contributed by atoms with Crippen molar-refractivity contribution in [1.82, 2.24) is 0 Å². The Balaban J connectivity index is 4.40. The summed E-state index contributed by atoms with van der Waals surface area (Å²) in [4.78, 5) is 38.3. The van der Waals surface area contributed by atoms with Gasteiger partial charge in [0.2, 0.25) is 0 Å². The molecule has 0 aliphatic heterocycles. The van der Waals surface area contributed by atoms with Gasteiger partial charge in [0.05, 0.1) is 0 Å². The Bertz CT molecular complexity index is 1640. The van der Waals surface area contributed by atoms with Crippen LogP contribution in [0.2, 0.25) is 0 Å². The summed E-state index contributed by atoms with van der Waals surface area (Å²) in [7, 11) is 0. The molecule has 0 N–H and O–H groups in total. The van der Waals surface area contributed by atoms with Gasteiger partial charge in [-0.05, 0) is 96.3 Å². The van der Waals surface area contributed by atoms with Crippen LogP contribution in [0.1, 0.15) is 303 Å². The molecule has 0 saturated heterocycles. The van der Waals surface area contributed by atoms with Gasteiger partial charge >= 0.3 is 17.9 Å². The van der Waals surface area contributed by atoms with Crippen LogP contribution in [0.5, 0.6) is 0 Å². The van der Waals surface area contributed by atoms with Gasteiger partial charge in [-0.3, -0.25) is 14.4 Å². The molecule has 0 saturated carbocycles. The lowest BCUT2D eigenvalue weighted by atomic mass is 10.0. The summed E-state index contributed by atoms with van der Waals surface area (Å²) >= 11 is 0. The first-order chi connectivity index (χ1) is 39.0. The molecule has 6 nitrogen and oxygen atoms in total. The average Bonchev–Trinajstić information content (AvgIpc) is 3.45. The molecule has 1 atom stereocenters. The molecule has 450 valence electrons. The minimum atomic E-state index is -0.834. The molecule has 0 spiro atoms. The van der Waals surface area contributed by atoms with Crippen LogP contribution in [0.4, 0.5) is 0 Å². The monoisotopic (exact) mass is 1090 g/mol. The topological polar surface area (TPSA) is 78.9 Å². The first-order valence-corrected chi connectivity index (χ1v) is 33.0. The fourth-order valence-corrected chi connectivity index (χ4v) is 9.10. The zero-order valence-electron chi connectivity index (χ0n) is 51.6. The fourth-order valence-electron chi connectivity index (χ4n) is 9.10. The summed E-state index contributed by atoms with van der Waals surface area (Å²) in [6.45, 7) is 6.34. The van der Waals surface area contributed by atoms with Crippen molar-refractivity contribution in [1.29, 1.82) is 0 Å². The third-order valence-electron chi connectivity index (χ3n) is 14.0. The molecule has 0 amide bonds. The Morgan fingerprint density at radius 3 is 0.772 bits per heavy atom. The molecular formula is C73H122O6. The van der Waals surface area contributed by atoms with Gasteiger partial charge in [0.25, 0.3) is 0 Å². The zero-order valence-corrected chi connectivity index (χ0v) is 51.6. The highest BCUT2D eigenvalue weighted by atomic mass is 16.6. The predicted octanol–water partition coefficient (Wildman–Crippen LogP) is 22.8. The molecule has 0 bridgehead atoms. The lowest BCUT2D eigenvalue weighted by Crippen LogP contribution is -2.30. The quantitative estimate of drug-likeness (QED) is 0.0261. The second-order valence-electron chi connectivity index (χ2n) is 21.6. The Morgan fingerprint density at radius 1 is 0.266 bits per heavy atom.